The second kappa shape index (κ2) is 7.18. The van der Waals surface area contributed by atoms with Crippen molar-refractivity contribution in [3.63, 3.8) is 0 Å². The summed E-state index contributed by atoms with van der Waals surface area (Å²) in [6.45, 7) is 0.538. The second-order valence-electron chi connectivity index (χ2n) is 5.23. The first-order valence-electron chi connectivity index (χ1n) is 6.85. The fourth-order valence-corrected chi connectivity index (χ4v) is 3.01. The molecule has 0 bridgehead atoms. The molecule has 2 unspecified atom stereocenters. The lowest BCUT2D eigenvalue weighted by Gasteiger charge is -2.37. The quantitative estimate of drug-likeness (QED) is 0.799. The Hall–Kier alpha value is -1.20. The molecule has 2 rings (SSSR count). The van der Waals surface area contributed by atoms with Gasteiger partial charge in [-0.2, -0.15) is 0 Å². The Balaban J connectivity index is 2.16. The van der Waals surface area contributed by atoms with Gasteiger partial charge in [0, 0.05) is 11.6 Å². The summed E-state index contributed by atoms with van der Waals surface area (Å²) in [6.07, 6.45) is -1.75. The van der Waals surface area contributed by atoms with Crippen molar-refractivity contribution in [1.82, 2.24) is 4.90 Å². The van der Waals surface area contributed by atoms with Gasteiger partial charge in [-0.1, -0.05) is 23.7 Å². The summed E-state index contributed by atoms with van der Waals surface area (Å²) in [4.78, 5) is 13.6. The molecule has 0 aromatic heterocycles. The molecule has 1 aliphatic heterocycles. The maximum Gasteiger partial charge on any atom is 0.310 e. The van der Waals surface area contributed by atoms with Crippen molar-refractivity contribution >= 4 is 17.6 Å². The summed E-state index contributed by atoms with van der Waals surface area (Å²) in [6, 6.07) is 7.31. The number of rotatable bonds is 4. The molecule has 1 fully saturated rings. The fourth-order valence-electron chi connectivity index (χ4n) is 2.88. The summed E-state index contributed by atoms with van der Waals surface area (Å²) in [5, 5.41) is 0.628. The third-order valence-electron chi connectivity index (χ3n) is 3.90. The zero-order chi connectivity index (χ0) is 15.4. The first-order valence-corrected chi connectivity index (χ1v) is 7.23. The number of hydrogen-bond donors (Lipinski definition) is 0. The highest BCUT2D eigenvalue weighted by atomic mass is 35.5. The molecule has 0 N–H and O–H groups in total. The molecule has 2 atom stereocenters. The maximum atomic E-state index is 12.5. The Morgan fingerprint density at radius 3 is 2.67 bits per heavy atom. The smallest absolute Gasteiger partial charge is 0.310 e. The van der Waals surface area contributed by atoms with E-state index in [1.165, 1.54) is 7.11 Å². The van der Waals surface area contributed by atoms with Crippen molar-refractivity contribution in [2.75, 3.05) is 26.7 Å². The molecule has 0 saturated carbocycles. The van der Waals surface area contributed by atoms with Crippen molar-refractivity contribution < 1.29 is 18.3 Å². The van der Waals surface area contributed by atoms with Gasteiger partial charge in [0.2, 0.25) is 0 Å². The average Bonchev–Trinajstić information content (AvgIpc) is 2.47. The predicted molar refractivity (Wildman–Crippen MR) is 76.8 cm³/mol. The highest BCUT2D eigenvalue weighted by Gasteiger charge is 2.36. The van der Waals surface area contributed by atoms with Gasteiger partial charge in [0.25, 0.3) is 6.43 Å². The van der Waals surface area contributed by atoms with Crippen LogP contribution in [0.4, 0.5) is 8.78 Å². The van der Waals surface area contributed by atoms with Crippen LogP contribution in [0.3, 0.4) is 0 Å². The number of carbonyl (C=O) groups excluding carboxylic acids is 1. The van der Waals surface area contributed by atoms with Crippen molar-refractivity contribution in [3.8, 4) is 0 Å². The van der Waals surface area contributed by atoms with Crippen LogP contribution in [-0.2, 0) is 9.53 Å². The lowest BCUT2D eigenvalue weighted by molar-refractivity contribution is -0.148. The molecule has 0 spiro atoms. The molecule has 0 aliphatic carbocycles. The van der Waals surface area contributed by atoms with E-state index >= 15 is 0 Å². The topological polar surface area (TPSA) is 29.5 Å². The van der Waals surface area contributed by atoms with E-state index in [-0.39, 0.29) is 18.4 Å². The van der Waals surface area contributed by atoms with Gasteiger partial charge in [0.05, 0.1) is 19.6 Å². The third kappa shape index (κ3) is 4.14. The van der Waals surface area contributed by atoms with E-state index < -0.39 is 12.3 Å². The van der Waals surface area contributed by atoms with E-state index in [1.807, 2.05) is 12.1 Å². The van der Waals surface area contributed by atoms with Crippen molar-refractivity contribution in [3.05, 3.63) is 34.9 Å². The van der Waals surface area contributed by atoms with Crippen LogP contribution in [0.15, 0.2) is 24.3 Å². The lowest BCUT2D eigenvalue weighted by Crippen LogP contribution is -2.45. The first-order chi connectivity index (χ1) is 10.0. The Bertz CT molecular complexity index is 481. The minimum atomic E-state index is -2.39. The summed E-state index contributed by atoms with van der Waals surface area (Å²) >= 11 is 5.87. The van der Waals surface area contributed by atoms with Gasteiger partial charge in [0.15, 0.2) is 0 Å². The molecule has 21 heavy (non-hydrogen) atoms. The number of likely N-dealkylation sites (tertiary alicyclic amines) is 1. The monoisotopic (exact) mass is 317 g/mol. The molecule has 0 amide bonds. The van der Waals surface area contributed by atoms with Crippen LogP contribution in [0, 0.1) is 5.92 Å². The molecular weight excluding hydrogens is 300 g/mol. The summed E-state index contributed by atoms with van der Waals surface area (Å²) in [5.41, 5.74) is 0.992. The number of alkyl halides is 2. The zero-order valence-electron chi connectivity index (χ0n) is 11.8. The Morgan fingerprint density at radius 2 is 2.10 bits per heavy atom. The number of benzene rings is 1. The highest BCUT2D eigenvalue weighted by Crippen LogP contribution is 2.34. The number of hydrogen-bond acceptors (Lipinski definition) is 3. The van der Waals surface area contributed by atoms with Gasteiger partial charge in [-0.05, 0) is 36.6 Å². The lowest BCUT2D eigenvalue weighted by atomic mass is 9.80. The fraction of sp³-hybridized carbons (Fsp3) is 0.533. The summed E-state index contributed by atoms with van der Waals surface area (Å²) in [5.74, 6) is -0.804. The van der Waals surface area contributed by atoms with Crippen molar-refractivity contribution in [2.45, 2.75) is 18.8 Å². The maximum absolute atomic E-state index is 12.5. The standard InChI is InChI=1S/C15H18ClF2NO2/c1-21-15(20)13-8-19(9-14(17)18)7-6-12(13)10-2-4-11(16)5-3-10/h2-5,12-14H,6-9H2,1H3. The van der Waals surface area contributed by atoms with Crippen LogP contribution in [-0.4, -0.2) is 44.0 Å². The van der Waals surface area contributed by atoms with Crippen LogP contribution in [0.2, 0.25) is 5.02 Å². The Kier molecular flexibility index (Phi) is 5.53. The highest BCUT2D eigenvalue weighted by molar-refractivity contribution is 6.30. The molecular formula is C15H18ClF2NO2. The minimum absolute atomic E-state index is 0.0244. The molecule has 6 heteroatoms. The summed E-state index contributed by atoms with van der Waals surface area (Å²) in [7, 11) is 1.33. The molecule has 1 aromatic rings. The summed E-state index contributed by atoms with van der Waals surface area (Å²) < 4.78 is 29.9. The number of methoxy groups -OCH3 is 1. The predicted octanol–water partition coefficient (Wildman–Crippen LogP) is 3.18. The average molecular weight is 318 g/mol. The first kappa shape index (κ1) is 16.2. The Morgan fingerprint density at radius 1 is 1.43 bits per heavy atom. The van der Waals surface area contributed by atoms with Gasteiger partial charge in [0.1, 0.15) is 0 Å². The van der Waals surface area contributed by atoms with Gasteiger partial charge in [-0.15, -0.1) is 0 Å². The van der Waals surface area contributed by atoms with Crippen LogP contribution < -0.4 is 0 Å². The van der Waals surface area contributed by atoms with E-state index in [0.29, 0.717) is 24.5 Å². The number of ether oxygens (including phenoxy) is 1. The van der Waals surface area contributed by atoms with Crippen LogP contribution in [0.1, 0.15) is 17.9 Å². The largest absolute Gasteiger partial charge is 0.469 e. The SMILES string of the molecule is COC(=O)C1CN(CC(F)F)CCC1c1ccc(Cl)cc1. The van der Waals surface area contributed by atoms with E-state index in [1.54, 1.807) is 17.0 Å². The number of nitrogens with zero attached hydrogens (tertiary/aromatic N) is 1. The number of piperidine rings is 1. The van der Waals surface area contributed by atoms with Gasteiger partial charge >= 0.3 is 5.97 Å². The molecule has 3 nitrogen and oxygen atoms in total. The van der Waals surface area contributed by atoms with Crippen LogP contribution in [0.5, 0.6) is 0 Å². The molecule has 0 radical (unpaired) electrons. The second-order valence-corrected chi connectivity index (χ2v) is 5.66. The molecule has 1 heterocycles. The zero-order valence-corrected chi connectivity index (χ0v) is 12.5. The van der Waals surface area contributed by atoms with E-state index in [2.05, 4.69) is 0 Å². The molecule has 1 saturated heterocycles. The van der Waals surface area contributed by atoms with Crippen LogP contribution in [0.25, 0.3) is 0 Å². The van der Waals surface area contributed by atoms with E-state index in [4.69, 9.17) is 16.3 Å². The van der Waals surface area contributed by atoms with Gasteiger partial charge in [-0.3, -0.25) is 9.69 Å². The normalized spacial score (nSPS) is 23.3. The van der Waals surface area contributed by atoms with Crippen molar-refractivity contribution in [1.29, 1.82) is 0 Å². The van der Waals surface area contributed by atoms with Crippen molar-refractivity contribution in [2.24, 2.45) is 5.92 Å². The number of halogens is 3. The Labute approximate surface area is 127 Å². The van der Waals surface area contributed by atoms with Gasteiger partial charge in [-0.25, -0.2) is 8.78 Å². The van der Waals surface area contributed by atoms with Crippen LogP contribution >= 0.6 is 11.6 Å². The minimum Gasteiger partial charge on any atom is -0.469 e. The molecule has 116 valence electrons. The van der Waals surface area contributed by atoms with Gasteiger partial charge < -0.3 is 4.74 Å². The van der Waals surface area contributed by atoms with E-state index in [9.17, 15) is 13.6 Å². The number of carbonyl (C=O) groups is 1. The third-order valence-corrected chi connectivity index (χ3v) is 4.15. The molecule has 1 aromatic carbocycles. The number of esters is 1. The van der Waals surface area contributed by atoms with E-state index in [0.717, 1.165) is 5.56 Å². The molecule has 1 aliphatic rings.